The lowest BCUT2D eigenvalue weighted by Gasteiger charge is -2.17. The molecule has 0 aliphatic heterocycles. The summed E-state index contributed by atoms with van der Waals surface area (Å²) in [6.45, 7) is -0.0578. The van der Waals surface area contributed by atoms with Crippen molar-refractivity contribution >= 4 is 51.5 Å². The smallest absolute Gasteiger partial charge is 0.407 e. The number of hydrogen-bond donors (Lipinski definition) is 2. The number of carbonyl (C=O) groups excluding carboxylic acids is 2. The van der Waals surface area contributed by atoms with E-state index in [1.807, 2.05) is 30.3 Å². The maximum absolute atomic E-state index is 13.8. The van der Waals surface area contributed by atoms with Gasteiger partial charge in [-0.1, -0.05) is 59.6 Å². The van der Waals surface area contributed by atoms with E-state index < -0.39 is 29.6 Å². The van der Waals surface area contributed by atoms with E-state index in [1.165, 1.54) is 12.3 Å². The second-order valence-corrected chi connectivity index (χ2v) is 10.4. The van der Waals surface area contributed by atoms with Crippen LogP contribution in [0.2, 0.25) is 9.36 Å². The lowest BCUT2D eigenvalue weighted by Crippen LogP contribution is -2.37. The largest absolute Gasteiger partial charge is 0.445 e. The number of anilines is 1. The van der Waals surface area contributed by atoms with E-state index in [9.17, 15) is 18.4 Å². The van der Waals surface area contributed by atoms with E-state index in [0.29, 0.717) is 31.2 Å². The molecule has 2 amide bonds. The first-order valence-electron chi connectivity index (χ1n) is 11.4. The zero-order chi connectivity index (χ0) is 27.2. The third-order valence-electron chi connectivity index (χ3n) is 5.62. The first kappa shape index (κ1) is 27.6. The molecule has 0 spiro atoms. The number of hydrogen-bond acceptors (Lipinski definition) is 5. The molecule has 0 aliphatic carbocycles. The van der Waals surface area contributed by atoms with Crippen molar-refractivity contribution in [3.05, 3.63) is 92.9 Å². The van der Waals surface area contributed by atoms with Crippen molar-refractivity contribution in [2.45, 2.75) is 13.0 Å². The van der Waals surface area contributed by atoms with E-state index in [0.717, 1.165) is 29.0 Å². The molecule has 0 saturated heterocycles. The molecule has 12 heteroatoms. The minimum Gasteiger partial charge on any atom is -0.445 e. The number of aromatic nitrogens is 2. The number of carbonyl (C=O) groups is 2. The van der Waals surface area contributed by atoms with Crippen molar-refractivity contribution < 1.29 is 23.1 Å². The Bertz CT molecular complexity index is 1430. The van der Waals surface area contributed by atoms with Crippen LogP contribution in [-0.4, -0.2) is 28.3 Å². The summed E-state index contributed by atoms with van der Waals surface area (Å²) >= 11 is 13.8. The second kappa shape index (κ2) is 12.4. The maximum atomic E-state index is 13.8. The topological polar surface area (TPSA) is 85.3 Å². The van der Waals surface area contributed by atoms with E-state index in [1.54, 1.807) is 17.8 Å². The molecule has 198 valence electrons. The Morgan fingerprint density at radius 1 is 1.08 bits per heavy atom. The molecule has 0 fully saturated rings. The molecule has 0 aliphatic rings. The normalized spacial score (nSPS) is 11.7. The number of benzene rings is 2. The summed E-state index contributed by atoms with van der Waals surface area (Å²) in [4.78, 5) is 25.5. The lowest BCUT2D eigenvalue weighted by atomic mass is 9.98. The van der Waals surface area contributed by atoms with Crippen LogP contribution in [0.1, 0.15) is 11.1 Å². The monoisotopic (exact) mass is 578 g/mol. The van der Waals surface area contributed by atoms with E-state index in [-0.39, 0.29) is 19.6 Å². The SMILES string of the molecule is Cn1ncc(Cl)c1-c1cc(NC(=O)[C@H](CNC(=O)OCc2ccccc2)Cc2ccc(F)c(F)c2)sc1Cl. The molecule has 2 aromatic carbocycles. The van der Waals surface area contributed by atoms with Gasteiger partial charge in [0.15, 0.2) is 11.6 Å². The molecular formula is C26H22Cl2F2N4O3S. The zero-order valence-electron chi connectivity index (χ0n) is 20.0. The van der Waals surface area contributed by atoms with Crippen molar-refractivity contribution in [3.63, 3.8) is 0 Å². The van der Waals surface area contributed by atoms with Crippen LogP contribution in [0.3, 0.4) is 0 Å². The number of nitrogens with zero attached hydrogens (tertiary/aromatic N) is 2. The predicted molar refractivity (Wildman–Crippen MR) is 143 cm³/mol. The molecule has 0 bridgehead atoms. The average molecular weight is 579 g/mol. The molecule has 0 radical (unpaired) electrons. The Labute approximate surface area is 231 Å². The van der Waals surface area contributed by atoms with Crippen molar-refractivity contribution in [1.29, 1.82) is 0 Å². The summed E-state index contributed by atoms with van der Waals surface area (Å²) in [6, 6.07) is 14.2. The van der Waals surface area contributed by atoms with Crippen molar-refractivity contribution in [2.24, 2.45) is 13.0 Å². The van der Waals surface area contributed by atoms with Crippen LogP contribution in [0.15, 0.2) is 60.8 Å². The zero-order valence-corrected chi connectivity index (χ0v) is 22.3. The summed E-state index contributed by atoms with van der Waals surface area (Å²) in [5.41, 5.74) is 2.37. The molecule has 1 atom stereocenters. The van der Waals surface area contributed by atoms with Crippen molar-refractivity contribution in [1.82, 2.24) is 15.1 Å². The van der Waals surface area contributed by atoms with Gasteiger partial charge in [0.1, 0.15) is 10.9 Å². The van der Waals surface area contributed by atoms with Crippen LogP contribution in [-0.2, 0) is 29.6 Å². The number of thiophene rings is 1. The molecule has 4 aromatic rings. The van der Waals surface area contributed by atoms with Gasteiger partial charge in [-0.15, -0.1) is 11.3 Å². The number of alkyl carbamates (subject to hydrolysis) is 1. The molecule has 0 unspecified atom stereocenters. The Balaban J connectivity index is 1.47. The van der Waals surface area contributed by atoms with Gasteiger partial charge in [0.2, 0.25) is 5.91 Å². The van der Waals surface area contributed by atoms with Gasteiger partial charge in [0.25, 0.3) is 0 Å². The predicted octanol–water partition coefficient (Wildman–Crippen LogP) is 6.46. The van der Waals surface area contributed by atoms with Gasteiger partial charge < -0.3 is 15.4 Å². The number of aryl methyl sites for hydroxylation is 1. The number of halogens is 4. The number of amides is 2. The van der Waals surface area contributed by atoms with Crippen molar-refractivity contribution in [2.75, 3.05) is 11.9 Å². The fourth-order valence-electron chi connectivity index (χ4n) is 3.72. The van der Waals surface area contributed by atoms with Crippen molar-refractivity contribution in [3.8, 4) is 11.3 Å². The molecule has 0 saturated carbocycles. The first-order valence-corrected chi connectivity index (χ1v) is 12.9. The van der Waals surface area contributed by atoms with Gasteiger partial charge in [-0.05, 0) is 35.7 Å². The van der Waals surface area contributed by atoms with E-state index in [2.05, 4.69) is 15.7 Å². The number of rotatable bonds is 9. The molecule has 38 heavy (non-hydrogen) atoms. The van der Waals surface area contributed by atoms with Gasteiger partial charge in [0, 0.05) is 19.2 Å². The molecular weight excluding hydrogens is 557 g/mol. The fraction of sp³-hybridized carbons (Fsp3) is 0.192. The Hall–Kier alpha value is -3.47. The van der Waals surface area contributed by atoms with Crippen LogP contribution < -0.4 is 10.6 Å². The highest BCUT2D eigenvalue weighted by atomic mass is 35.5. The lowest BCUT2D eigenvalue weighted by molar-refractivity contribution is -0.119. The minimum atomic E-state index is -1.03. The molecule has 2 N–H and O–H groups in total. The van der Waals surface area contributed by atoms with Gasteiger partial charge in [-0.25, -0.2) is 13.6 Å². The summed E-state index contributed by atoms with van der Waals surface area (Å²) in [7, 11) is 1.72. The van der Waals surface area contributed by atoms with E-state index in [4.69, 9.17) is 27.9 Å². The molecule has 2 heterocycles. The van der Waals surface area contributed by atoms with Gasteiger partial charge in [0.05, 0.1) is 27.8 Å². The van der Waals surface area contributed by atoms with Gasteiger partial charge >= 0.3 is 6.09 Å². The summed E-state index contributed by atoms with van der Waals surface area (Å²) < 4.78 is 34.4. The van der Waals surface area contributed by atoms with Crippen LogP contribution >= 0.6 is 34.5 Å². The van der Waals surface area contributed by atoms with Gasteiger partial charge in [-0.3, -0.25) is 9.48 Å². The first-order chi connectivity index (χ1) is 18.2. The van der Waals surface area contributed by atoms with Crippen LogP contribution in [0.4, 0.5) is 18.6 Å². The Kier molecular flexibility index (Phi) is 8.98. The van der Waals surface area contributed by atoms with Crippen LogP contribution in [0.5, 0.6) is 0 Å². The minimum absolute atomic E-state index is 0.0293. The third-order valence-corrected chi connectivity index (χ3v) is 7.18. The Morgan fingerprint density at radius 3 is 2.53 bits per heavy atom. The number of nitrogens with one attached hydrogen (secondary N) is 2. The highest BCUT2D eigenvalue weighted by Crippen LogP contribution is 2.41. The van der Waals surface area contributed by atoms with E-state index >= 15 is 0 Å². The fourth-order valence-corrected chi connectivity index (χ4v) is 5.17. The highest BCUT2D eigenvalue weighted by molar-refractivity contribution is 7.20. The van der Waals surface area contributed by atoms with Gasteiger partial charge in [-0.2, -0.15) is 5.10 Å². The maximum Gasteiger partial charge on any atom is 0.407 e. The van der Waals surface area contributed by atoms with Crippen LogP contribution in [0.25, 0.3) is 11.3 Å². The quantitative estimate of drug-likeness (QED) is 0.239. The molecule has 4 rings (SSSR count). The summed E-state index contributed by atoms with van der Waals surface area (Å²) in [6.07, 6.45) is 0.801. The standard InChI is InChI=1S/C26H22Cl2F2N4O3S/c1-34-23(19(27)13-32-34)18-11-22(38-24(18)28)33-25(35)17(9-16-7-8-20(29)21(30)10-16)12-31-26(36)37-14-15-5-3-2-4-6-15/h2-8,10-11,13,17H,9,12,14H2,1H3,(H,31,36)(H,33,35)/t17-/m0/s1. The highest BCUT2D eigenvalue weighted by Gasteiger charge is 2.23. The summed E-state index contributed by atoms with van der Waals surface area (Å²) in [5.74, 6) is -3.32. The molecule has 2 aromatic heterocycles. The molecule has 7 nitrogen and oxygen atoms in total. The Morgan fingerprint density at radius 2 is 1.84 bits per heavy atom. The number of ether oxygens (including phenoxy) is 1. The third kappa shape index (κ3) is 6.89. The summed E-state index contributed by atoms with van der Waals surface area (Å²) in [5, 5.41) is 10.3. The second-order valence-electron chi connectivity index (χ2n) is 8.34. The average Bonchev–Trinajstić information content (AvgIpc) is 3.42. The van der Waals surface area contributed by atoms with Crippen LogP contribution in [0, 0.1) is 17.6 Å².